The van der Waals surface area contributed by atoms with E-state index in [0.29, 0.717) is 0 Å². The van der Waals surface area contributed by atoms with Crippen molar-refractivity contribution in [3.8, 4) is 0 Å². The molecule has 0 fully saturated rings. The molecule has 0 aromatic carbocycles. The lowest BCUT2D eigenvalue weighted by atomic mass is 9.99. The fraction of sp³-hybridized carbons (Fsp3) is 0.500. The van der Waals surface area contributed by atoms with Crippen molar-refractivity contribution in [2.75, 3.05) is 6.54 Å². The minimum Gasteiger partial charge on any atom is -0.480 e. The molecule has 0 radical (unpaired) electrons. The molecule has 1 amide bonds. The first-order chi connectivity index (χ1) is 6.52. The van der Waals surface area contributed by atoms with E-state index in [0.717, 1.165) is 0 Å². The number of amides is 1. The topological polar surface area (TPSA) is 78.4 Å². The SMILES string of the molecule is CC1(CC(=O)NCC(=O)O)C=CSN1. The third-order valence-electron chi connectivity index (χ3n) is 1.76. The first kappa shape index (κ1) is 11.1. The zero-order valence-corrected chi connectivity index (χ0v) is 8.56. The average molecular weight is 216 g/mol. The van der Waals surface area contributed by atoms with Crippen molar-refractivity contribution in [3.63, 3.8) is 0 Å². The zero-order chi connectivity index (χ0) is 10.6. The van der Waals surface area contributed by atoms with Crippen LogP contribution < -0.4 is 10.0 Å². The molecule has 5 nitrogen and oxygen atoms in total. The fourth-order valence-corrected chi connectivity index (χ4v) is 1.90. The van der Waals surface area contributed by atoms with E-state index in [4.69, 9.17) is 5.11 Å². The molecule has 0 saturated heterocycles. The van der Waals surface area contributed by atoms with Crippen LogP contribution in [0.3, 0.4) is 0 Å². The molecule has 0 aromatic rings. The highest BCUT2D eigenvalue weighted by molar-refractivity contribution is 8.00. The summed E-state index contributed by atoms with van der Waals surface area (Å²) in [5.74, 6) is -1.30. The second-order valence-electron chi connectivity index (χ2n) is 3.29. The normalized spacial score (nSPS) is 24.9. The van der Waals surface area contributed by atoms with Gasteiger partial charge in [0.05, 0.1) is 5.54 Å². The number of rotatable bonds is 4. The maximum absolute atomic E-state index is 11.3. The predicted octanol–water partition coefficient (Wildman–Crippen LogP) is 0.101. The first-order valence-electron chi connectivity index (χ1n) is 4.11. The molecule has 78 valence electrons. The van der Waals surface area contributed by atoms with Gasteiger partial charge in [0.15, 0.2) is 0 Å². The molecule has 0 aliphatic carbocycles. The molecule has 1 aliphatic rings. The third-order valence-corrected chi connectivity index (χ3v) is 2.62. The van der Waals surface area contributed by atoms with Gasteiger partial charge in [-0.2, -0.15) is 0 Å². The van der Waals surface area contributed by atoms with E-state index in [1.54, 1.807) is 0 Å². The van der Waals surface area contributed by atoms with Crippen LogP contribution in [0.15, 0.2) is 11.5 Å². The van der Waals surface area contributed by atoms with E-state index in [1.165, 1.54) is 11.9 Å². The quantitative estimate of drug-likeness (QED) is 0.581. The second kappa shape index (κ2) is 4.47. The molecule has 1 atom stereocenters. The van der Waals surface area contributed by atoms with Crippen molar-refractivity contribution < 1.29 is 14.7 Å². The lowest BCUT2D eigenvalue weighted by Crippen LogP contribution is -2.40. The molecule has 1 rings (SSSR count). The molecule has 1 aliphatic heterocycles. The van der Waals surface area contributed by atoms with Gasteiger partial charge in [-0.15, -0.1) is 0 Å². The Bertz CT molecular complexity index is 280. The van der Waals surface area contributed by atoms with Crippen molar-refractivity contribution in [2.24, 2.45) is 0 Å². The van der Waals surface area contributed by atoms with Crippen molar-refractivity contribution in [3.05, 3.63) is 11.5 Å². The van der Waals surface area contributed by atoms with Crippen molar-refractivity contribution in [2.45, 2.75) is 18.9 Å². The smallest absolute Gasteiger partial charge is 0.322 e. The van der Waals surface area contributed by atoms with Gasteiger partial charge < -0.3 is 10.4 Å². The van der Waals surface area contributed by atoms with Crippen LogP contribution in [0, 0.1) is 0 Å². The number of carbonyl (C=O) groups is 2. The number of carboxylic acid groups (broad SMARTS) is 1. The number of carboxylic acids is 1. The van der Waals surface area contributed by atoms with Gasteiger partial charge in [0.1, 0.15) is 6.54 Å². The molecule has 0 bridgehead atoms. The number of aliphatic carboxylic acids is 1. The standard InChI is InChI=1S/C8H12N2O3S/c1-8(2-3-14-10-8)4-6(11)9-5-7(12)13/h2-3,10H,4-5H2,1H3,(H,9,11)(H,12,13). The van der Waals surface area contributed by atoms with Gasteiger partial charge in [-0.1, -0.05) is 18.0 Å². The molecular weight excluding hydrogens is 204 g/mol. The molecule has 1 heterocycles. The molecule has 1 unspecified atom stereocenters. The largest absolute Gasteiger partial charge is 0.480 e. The summed E-state index contributed by atoms with van der Waals surface area (Å²) in [6, 6.07) is 0. The van der Waals surface area contributed by atoms with Crippen molar-refractivity contribution in [1.82, 2.24) is 10.0 Å². The Labute approximate surface area is 86.1 Å². The van der Waals surface area contributed by atoms with E-state index < -0.39 is 5.97 Å². The van der Waals surface area contributed by atoms with Crippen LogP contribution in [0.4, 0.5) is 0 Å². The predicted molar refractivity (Wildman–Crippen MR) is 53.5 cm³/mol. The number of carbonyl (C=O) groups excluding carboxylic acids is 1. The Hall–Kier alpha value is -1.01. The molecule has 3 N–H and O–H groups in total. The summed E-state index contributed by atoms with van der Waals surface area (Å²) in [4.78, 5) is 21.4. The lowest BCUT2D eigenvalue weighted by Gasteiger charge is -2.20. The van der Waals surface area contributed by atoms with Gasteiger partial charge >= 0.3 is 5.97 Å². The Kier molecular flexibility index (Phi) is 3.54. The Morgan fingerprint density at radius 2 is 2.36 bits per heavy atom. The maximum atomic E-state index is 11.3. The molecule has 6 heteroatoms. The summed E-state index contributed by atoms with van der Waals surface area (Å²) in [5, 5.41) is 12.5. The monoisotopic (exact) mass is 216 g/mol. The lowest BCUT2D eigenvalue weighted by molar-refractivity contribution is -0.138. The number of hydrogen-bond donors (Lipinski definition) is 3. The summed E-state index contributed by atoms with van der Waals surface area (Å²) in [7, 11) is 0. The van der Waals surface area contributed by atoms with Crippen LogP contribution in [0.1, 0.15) is 13.3 Å². The minimum atomic E-state index is -1.03. The Morgan fingerprint density at radius 1 is 1.64 bits per heavy atom. The summed E-state index contributed by atoms with van der Waals surface area (Å²) in [6.07, 6.45) is 2.13. The third kappa shape index (κ3) is 3.39. The van der Waals surface area contributed by atoms with Crippen molar-refractivity contribution >= 4 is 23.8 Å². The number of nitrogens with one attached hydrogen (secondary N) is 2. The summed E-state index contributed by atoms with van der Waals surface area (Å²) in [6.45, 7) is 1.55. The first-order valence-corrected chi connectivity index (χ1v) is 4.99. The van der Waals surface area contributed by atoms with Gasteiger partial charge in [0.25, 0.3) is 0 Å². The van der Waals surface area contributed by atoms with E-state index in [1.807, 2.05) is 18.4 Å². The highest BCUT2D eigenvalue weighted by atomic mass is 32.2. The average Bonchev–Trinajstić information content (AvgIpc) is 2.48. The minimum absolute atomic E-state index is 0.240. The van der Waals surface area contributed by atoms with E-state index in [9.17, 15) is 9.59 Å². The zero-order valence-electron chi connectivity index (χ0n) is 7.74. The molecule has 0 aromatic heterocycles. The van der Waals surface area contributed by atoms with E-state index in [-0.39, 0.29) is 24.4 Å². The molecule has 0 spiro atoms. The van der Waals surface area contributed by atoms with Gasteiger partial charge in [0, 0.05) is 6.42 Å². The molecule has 14 heavy (non-hydrogen) atoms. The second-order valence-corrected chi connectivity index (χ2v) is 4.00. The maximum Gasteiger partial charge on any atom is 0.322 e. The van der Waals surface area contributed by atoms with Gasteiger partial charge in [-0.3, -0.25) is 14.3 Å². The van der Waals surface area contributed by atoms with Crippen LogP contribution >= 0.6 is 11.9 Å². The fourth-order valence-electron chi connectivity index (χ4n) is 1.05. The van der Waals surface area contributed by atoms with Crippen molar-refractivity contribution in [1.29, 1.82) is 0 Å². The summed E-state index contributed by atoms with van der Waals surface area (Å²) < 4.78 is 3.05. The summed E-state index contributed by atoms with van der Waals surface area (Å²) >= 11 is 1.42. The van der Waals surface area contributed by atoms with Crippen LogP contribution in [-0.4, -0.2) is 29.1 Å². The van der Waals surface area contributed by atoms with Gasteiger partial charge in [0.2, 0.25) is 5.91 Å². The van der Waals surface area contributed by atoms with Gasteiger partial charge in [-0.25, -0.2) is 0 Å². The van der Waals surface area contributed by atoms with Gasteiger partial charge in [-0.05, 0) is 12.3 Å². The van der Waals surface area contributed by atoms with Crippen LogP contribution in [-0.2, 0) is 9.59 Å². The number of hydrogen-bond acceptors (Lipinski definition) is 4. The van der Waals surface area contributed by atoms with Crippen LogP contribution in [0.25, 0.3) is 0 Å². The Morgan fingerprint density at radius 3 is 2.86 bits per heavy atom. The van der Waals surface area contributed by atoms with Crippen LogP contribution in [0.5, 0.6) is 0 Å². The van der Waals surface area contributed by atoms with E-state index in [2.05, 4.69) is 10.0 Å². The van der Waals surface area contributed by atoms with E-state index >= 15 is 0 Å². The molecule has 0 saturated carbocycles. The molecular formula is C8H12N2O3S. The highest BCUT2D eigenvalue weighted by Crippen LogP contribution is 2.23. The Balaban J connectivity index is 2.33. The summed E-state index contributed by atoms with van der Waals surface area (Å²) in [5.41, 5.74) is -0.368. The van der Waals surface area contributed by atoms with Crippen LogP contribution in [0.2, 0.25) is 0 Å². The highest BCUT2D eigenvalue weighted by Gasteiger charge is 2.27.